The third-order valence-corrected chi connectivity index (χ3v) is 19.3. The number of nitrogens with two attached hydrogens (primary N) is 1. The van der Waals surface area contributed by atoms with E-state index >= 15 is 0 Å². The van der Waals surface area contributed by atoms with Gasteiger partial charge in [0.15, 0.2) is 17.3 Å². The third kappa shape index (κ3) is 72.6. The zero-order valence-corrected chi connectivity index (χ0v) is 70.7. The molecule has 33 heteroatoms. The molecule has 5 amide bonds. The number of unbranched alkanes of at least 4 members (excludes halogenated alkanes) is 20. The average Bonchev–Trinajstić information content (AvgIpc) is 0.867. The van der Waals surface area contributed by atoms with Crippen LogP contribution in [-0.4, -0.2) is 252 Å². The minimum atomic E-state index is -1.38. The maximum Gasteiger partial charge on any atom is 0.326 e. The largest absolute Gasteiger partial charge is 0.481 e. The first kappa shape index (κ1) is 110. The minimum Gasteiger partial charge on any atom is -0.481 e. The molecule has 0 fully saturated rings. The second kappa shape index (κ2) is 75.1. The normalized spacial score (nSPS) is 12.4. The van der Waals surface area contributed by atoms with Crippen molar-refractivity contribution in [3.8, 4) is 0 Å². The maximum atomic E-state index is 13.8. The van der Waals surface area contributed by atoms with E-state index in [1.54, 1.807) is 0 Å². The zero-order chi connectivity index (χ0) is 86.8. The van der Waals surface area contributed by atoms with Gasteiger partial charge in [0.25, 0.3) is 0 Å². The molecule has 0 spiro atoms. The Kier molecular flexibility index (Phi) is 70.6. The van der Waals surface area contributed by atoms with Crippen LogP contribution in [0.15, 0.2) is 0 Å². The second-order valence-corrected chi connectivity index (χ2v) is 30.5. The van der Waals surface area contributed by atoms with E-state index in [9.17, 15) is 82.1 Å². The van der Waals surface area contributed by atoms with E-state index in [-0.39, 0.29) is 217 Å². The van der Waals surface area contributed by atoms with Crippen LogP contribution in [0.25, 0.3) is 0 Å². The number of amides is 5. The summed E-state index contributed by atoms with van der Waals surface area (Å²) < 4.78 is 43.3. The van der Waals surface area contributed by atoms with Crippen molar-refractivity contribution in [2.24, 2.45) is 23.5 Å². The van der Waals surface area contributed by atoms with E-state index in [2.05, 4.69) is 26.6 Å². The summed E-state index contributed by atoms with van der Waals surface area (Å²) in [5.41, 5.74) is 4.86. The van der Waals surface area contributed by atoms with Crippen LogP contribution in [-0.2, 0) is 110 Å². The molecule has 0 bridgehead atoms. The first-order valence-corrected chi connectivity index (χ1v) is 42.9. The van der Waals surface area contributed by atoms with Crippen LogP contribution in [0.1, 0.15) is 284 Å². The van der Waals surface area contributed by atoms with Gasteiger partial charge in [0.2, 0.25) is 29.5 Å². The summed E-state index contributed by atoms with van der Waals surface area (Å²) >= 11 is 0. The van der Waals surface area contributed by atoms with E-state index in [1.807, 2.05) is 0 Å². The van der Waals surface area contributed by atoms with Gasteiger partial charge in [-0.1, -0.05) is 116 Å². The highest BCUT2D eigenvalue weighted by Crippen LogP contribution is 2.25. The number of rotatable bonds is 88. The van der Waals surface area contributed by atoms with Gasteiger partial charge in [0.1, 0.15) is 49.8 Å². The zero-order valence-electron chi connectivity index (χ0n) is 70.7. The fourth-order valence-corrected chi connectivity index (χ4v) is 12.3. The molecule has 0 saturated heterocycles. The summed E-state index contributed by atoms with van der Waals surface area (Å²) in [6, 6.07) is -1.38. The Morgan fingerprint density at radius 2 is 0.667 bits per heavy atom. The average molecular weight is 1670 g/mol. The number of carboxylic acids is 4. The van der Waals surface area contributed by atoms with Gasteiger partial charge in [0, 0.05) is 122 Å². The molecule has 674 valence electrons. The van der Waals surface area contributed by atoms with Crippen LogP contribution in [0.4, 0.5) is 0 Å². The third-order valence-electron chi connectivity index (χ3n) is 19.3. The molecule has 33 nitrogen and oxygen atoms in total. The van der Waals surface area contributed by atoms with Crippen molar-refractivity contribution >= 4 is 88.1 Å². The minimum absolute atomic E-state index is 0.0147. The van der Waals surface area contributed by atoms with Crippen LogP contribution in [0.2, 0.25) is 0 Å². The maximum absolute atomic E-state index is 13.8. The highest BCUT2D eigenvalue weighted by Gasteiger charge is 2.31. The standard InChI is InChI=1S/C84H146N6O27/c1-65(91)66(30-24-26-42-86-76(98)40-38-68(82(106)107)58-71(94)62-115-55-53-113-49-45-89-78(100)63-116-56-50-110-46-28-33-69(92)32-20-16-12-8-4-6-10-14-18-22-36-80(102)103)59-73(95)67(60-74(96)84(2,3)85)31-25-27-43-87-77(99)41-39-72(83(108)109)90-79(101)64-117-57-51-111-47-29-34-70(93)61-114-54-52-112-48-44-88-75(97)35-21-17-13-9-5-7-11-15-19-23-37-81(104)105/h66-68,72H,4-64,85H2,1-3H3,(H,86,98)(H,87,99)(H,88,97)(H,89,100)(H,90,101)(H,102,103)(H,104,105)(H,106,107)(H,108,109)/t66-,67-,68-,72+/m1/s1. The molecule has 0 unspecified atom stereocenters. The quantitative estimate of drug-likeness (QED) is 0.0255. The Morgan fingerprint density at radius 1 is 0.299 bits per heavy atom. The Balaban J connectivity index is 4.32. The lowest BCUT2D eigenvalue weighted by atomic mass is 9.82. The van der Waals surface area contributed by atoms with Crippen molar-refractivity contribution in [2.45, 2.75) is 296 Å². The number of carbonyl (C=O) groups is 15. The van der Waals surface area contributed by atoms with Gasteiger partial charge < -0.3 is 90.6 Å². The number of Topliss-reactive ketones (excluding diaryl/α,β-unsaturated/α-hetero) is 6. The Hall–Kier alpha value is -7.11. The number of nitrogens with one attached hydrogen (secondary N) is 5. The predicted octanol–water partition coefficient (Wildman–Crippen LogP) is 8.42. The fourth-order valence-electron chi connectivity index (χ4n) is 12.3. The van der Waals surface area contributed by atoms with Gasteiger partial charge in [-0.3, -0.25) is 67.1 Å². The monoisotopic (exact) mass is 1670 g/mol. The molecule has 0 rings (SSSR count). The van der Waals surface area contributed by atoms with E-state index in [1.165, 1.54) is 27.2 Å². The van der Waals surface area contributed by atoms with E-state index < -0.39 is 83.3 Å². The first-order valence-electron chi connectivity index (χ1n) is 42.9. The van der Waals surface area contributed by atoms with Crippen LogP contribution < -0.4 is 32.3 Å². The van der Waals surface area contributed by atoms with Crippen LogP contribution >= 0.6 is 0 Å². The van der Waals surface area contributed by atoms with Crippen molar-refractivity contribution < 1.29 is 130 Å². The van der Waals surface area contributed by atoms with Gasteiger partial charge in [-0.2, -0.15) is 0 Å². The van der Waals surface area contributed by atoms with Crippen LogP contribution in [0.3, 0.4) is 0 Å². The molecule has 117 heavy (non-hydrogen) atoms. The van der Waals surface area contributed by atoms with E-state index in [0.29, 0.717) is 84.0 Å². The lowest BCUT2D eigenvalue weighted by molar-refractivity contribution is -0.145. The van der Waals surface area contributed by atoms with Gasteiger partial charge >= 0.3 is 23.9 Å². The second-order valence-electron chi connectivity index (χ2n) is 30.5. The number of carbonyl (C=O) groups excluding carboxylic acids is 11. The number of ether oxygens (including phenoxy) is 8. The molecule has 4 atom stereocenters. The molecule has 0 aromatic rings. The van der Waals surface area contributed by atoms with Crippen LogP contribution in [0.5, 0.6) is 0 Å². The van der Waals surface area contributed by atoms with Crippen molar-refractivity contribution in [1.82, 2.24) is 26.6 Å². The number of aliphatic carboxylic acids is 4. The fraction of sp³-hybridized carbons (Fsp3) is 0.821. The number of ketones is 6. The summed E-state index contributed by atoms with van der Waals surface area (Å²) in [5.74, 6) is -9.83. The summed E-state index contributed by atoms with van der Waals surface area (Å²) in [7, 11) is 0. The Morgan fingerprint density at radius 3 is 1.12 bits per heavy atom. The molecule has 0 aliphatic heterocycles. The molecular weight excluding hydrogens is 1520 g/mol. The molecule has 0 aromatic carbocycles. The highest BCUT2D eigenvalue weighted by molar-refractivity contribution is 5.94. The molecule has 0 radical (unpaired) electrons. The molecule has 0 saturated carbocycles. The van der Waals surface area contributed by atoms with Crippen LogP contribution in [0, 0.1) is 17.8 Å². The van der Waals surface area contributed by atoms with Gasteiger partial charge in [-0.15, -0.1) is 0 Å². The van der Waals surface area contributed by atoms with E-state index in [4.69, 9.17) is 53.8 Å². The van der Waals surface area contributed by atoms with Crippen molar-refractivity contribution in [2.75, 3.05) is 132 Å². The lowest BCUT2D eigenvalue weighted by Gasteiger charge is -2.23. The topological polar surface area (TPSA) is 497 Å². The summed E-state index contributed by atoms with van der Waals surface area (Å²) in [4.78, 5) is 184. The summed E-state index contributed by atoms with van der Waals surface area (Å²) in [6.07, 6.45) is 24.9. The van der Waals surface area contributed by atoms with Crippen molar-refractivity contribution in [3.63, 3.8) is 0 Å². The van der Waals surface area contributed by atoms with Gasteiger partial charge in [-0.25, -0.2) is 4.79 Å². The first-order chi connectivity index (χ1) is 56.1. The molecule has 0 heterocycles. The summed E-state index contributed by atoms with van der Waals surface area (Å²) in [6.45, 7) is 6.74. The Labute approximate surface area is 693 Å². The molecular formula is C84H146N6O27. The molecule has 0 aromatic heterocycles. The lowest BCUT2D eigenvalue weighted by Crippen LogP contribution is -2.43. The van der Waals surface area contributed by atoms with E-state index in [0.717, 1.165) is 122 Å². The Bertz CT molecular complexity index is 2790. The number of carboxylic acid groups (broad SMARTS) is 4. The summed E-state index contributed by atoms with van der Waals surface area (Å²) in [5, 5.41) is 50.2. The predicted molar refractivity (Wildman–Crippen MR) is 435 cm³/mol. The molecule has 11 N–H and O–H groups in total. The molecule has 0 aliphatic carbocycles. The van der Waals surface area contributed by atoms with Crippen molar-refractivity contribution in [1.29, 1.82) is 0 Å². The van der Waals surface area contributed by atoms with Gasteiger partial charge in [-0.05, 0) is 97.8 Å². The smallest absolute Gasteiger partial charge is 0.326 e. The van der Waals surface area contributed by atoms with Crippen molar-refractivity contribution in [3.05, 3.63) is 0 Å². The number of hydrogen-bond donors (Lipinski definition) is 10. The highest BCUT2D eigenvalue weighted by atomic mass is 16.5. The van der Waals surface area contributed by atoms with Gasteiger partial charge in [0.05, 0.1) is 77.5 Å². The number of hydrogen-bond acceptors (Lipinski definition) is 24. The SMILES string of the molecule is CC(=O)[C@H](CCCCNC(=O)CC[C@H](CC(=O)COCCOCCNC(=O)COCCOCCCC(=O)CCCCCCCCCCCCC(=O)O)C(=O)O)CC(=O)[C@H](CCCCNC(=O)CC[C@H](NC(=O)COCCOCCCC(=O)COCCOCCNC(=O)CCCCCCCCCCCCC(=O)O)C(=O)O)CC(=O)C(C)(C)N. The molecule has 0 aliphatic rings.